The summed E-state index contributed by atoms with van der Waals surface area (Å²) in [4.78, 5) is 2.84. The molecular formula is C15H12N4O2S2. The zero-order valence-electron chi connectivity index (χ0n) is 12.1. The number of para-hydroxylation sites is 1. The minimum absolute atomic E-state index is 0.0593. The molecule has 0 aliphatic carbocycles. The van der Waals surface area contributed by atoms with Crippen molar-refractivity contribution in [3.8, 4) is 6.07 Å². The second kappa shape index (κ2) is 5.87. The molecule has 23 heavy (non-hydrogen) atoms. The molecule has 116 valence electrons. The second-order valence-electron chi connectivity index (χ2n) is 4.75. The van der Waals surface area contributed by atoms with Crippen LogP contribution in [0.25, 0.3) is 10.2 Å². The van der Waals surface area contributed by atoms with Gasteiger partial charge in [0.15, 0.2) is 0 Å². The minimum atomic E-state index is -3.77. The molecule has 0 saturated heterocycles. The highest BCUT2D eigenvalue weighted by Crippen LogP contribution is 2.15. The first-order valence-corrected chi connectivity index (χ1v) is 8.91. The lowest BCUT2D eigenvalue weighted by atomic mass is 10.2. The molecule has 0 radical (unpaired) electrons. The summed E-state index contributed by atoms with van der Waals surface area (Å²) in [6, 6.07) is 15.3. The van der Waals surface area contributed by atoms with Gasteiger partial charge in [-0.15, -0.1) is 5.10 Å². The predicted molar refractivity (Wildman–Crippen MR) is 87.8 cm³/mol. The number of aromatic nitrogens is 1. The van der Waals surface area contributed by atoms with Crippen molar-refractivity contribution in [1.29, 1.82) is 5.26 Å². The van der Waals surface area contributed by atoms with Gasteiger partial charge in [0.2, 0.25) is 4.80 Å². The Kier molecular flexibility index (Phi) is 3.90. The minimum Gasteiger partial charge on any atom is -0.318 e. The van der Waals surface area contributed by atoms with Gasteiger partial charge in [-0.05, 0) is 36.4 Å². The first kappa shape index (κ1) is 15.3. The van der Waals surface area contributed by atoms with Crippen LogP contribution in [0.5, 0.6) is 0 Å². The predicted octanol–water partition coefficient (Wildman–Crippen LogP) is 1.91. The van der Waals surface area contributed by atoms with Gasteiger partial charge >= 0.3 is 0 Å². The average Bonchev–Trinajstić information content (AvgIpc) is 2.90. The topological polar surface area (TPSA) is 87.2 Å². The van der Waals surface area contributed by atoms with Crippen LogP contribution in [0, 0.1) is 11.3 Å². The molecule has 0 spiro atoms. The Morgan fingerprint density at radius 2 is 1.87 bits per heavy atom. The first-order valence-electron chi connectivity index (χ1n) is 6.61. The Balaban J connectivity index is 1.96. The Morgan fingerprint density at radius 3 is 2.52 bits per heavy atom. The summed E-state index contributed by atoms with van der Waals surface area (Å²) in [5.41, 5.74) is 1.38. The van der Waals surface area contributed by atoms with E-state index in [2.05, 4.69) is 9.93 Å². The smallest absolute Gasteiger partial charge is 0.276 e. The molecule has 8 heteroatoms. The van der Waals surface area contributed by atoms with E-state index in [4.69, 9.17) is 5.26 Å². The maximum atomic E-state index is 12.2. The van der Waals surface area contributed by atoms with Gasteiger partial charge in [0, 0.05) is 7.05 Å². The monoisotopic (exact) mass is 344 g/mol. The highest BCUT2D eigenvalue weighted by atomic mass is 32.2. The number of thiazole rings is 1. The Morgan fingerprint density at radius 1 is 1.17 bits per heavy atom. The van der Waals surface area contributed by atoms with Gasteiger partial charge in [0.05, 0.1) is 26.7 Å². The van der Waals surface area contributed by atoms with Crippen LogP contribution in [-0.2, 0) is 17.1 Å². The van der Waals surface area contributed by atoms with E-state index in [9.17, 15) is 8.42 Å². The van der Waals surface area contributed by atoms with Crippen LogP contribution in [0.2, 0.25) is 0 Å². The highest BCUT2D eigenvalue weighted by molar-refractivity contribution is 7.89. The molecule has 1 heterocycles. The average molecular weight is 344 g/mol. The Bertz CT molecular complexity index is 1070. The largest absolute Gasteiger partial charge is 0.318 e. The van der Waals surface area contributed by atoms with Crippen LogP contribution in [0.1, 0.15) is 5.56 Å². The number of rotatable bonds is 3. The van der Waals surface area contributed by atoms with Gasteiger partial charge in [0.1, 0.15) is 0 Å². The maximum absolute atomic E-state index is 12.2. The molecule has 0 bridgehead atoms. The molecule has 0 unspecified atom stereocenters. The maximum Gasteiger partial charge on any atom is 0.276 e. The van der Waals surface area contributed by atoms with Crippen LogP contribution in [0.4, 0.5) is 0 Å². The molecule has 1 N–H and O–H groups in total. The van der Waals surface area contributed by atoms with Crippen molar-refractivity contribution in [2.45, 2.75) is 4.90 Å². The molecule has 6 nitrogen and oxygen atoms in total. The van der Waals surface area contributed by atoms with Crippen molar-refractivity contribution in [3.63, 3.8) is 0 Å². The summed E-state index contributed by atoms with van der Waals surface area (Å²) < 4.78 is 27.3. The van der Waals surface area contributed by atoms with Gasteiger partial charge in [-0.1, -0.05) is 23.5 Å². The molecule has 3 aromatic rings. The summed E-state index contributed by atoms with van der Waals surface area (Å²) in [6.07, 6.45) is 0. The van der Waals surface area contributed by atoms with Crippen LogP contribution >= 0.6 is 11.3 Å². The van der Waals surface area contributed by atoms with Crippen molar-refractivity contribution in [2.24, 2.45) is 12.1 Å². The van der Waals surface area contributed by atoms with Gasteiger partial charge in [0.25, 0.3) is 10.0 Å². The van der Waals surface area contributed by atoms with E-state index in [0.717, 1.165) is 10.2 Å². The number of benzene rings is 2. The van der Waals surface area contributed by atoms with E-state index in [-0.39, 0.29) is 4.90 Å². The van der Waals surface area contributed by atoms with E-state index in [0.29, 0.717) is 10.4 Å². The van der Waals surface area contributed by atoms with Crippen molar-refractivity contribution >= 4 is 31.6 Å². The van der Waals surface area contributed by atoms with Crippen molar-refractivity contribution in [3.05, 3.63) is 58.9 Å². The third kappa shape index (κ3) is 2.97. The molecular weight excluding hydrogens is 332 g/mol. The lowest BCUT2D eigenvalue weighted by molar-refractivity contribution is 0.582. The third-order valence-electron chi connectivity index (χ3n) is 3.27. The van der Waals surface area contributed by atoms with Crippen LogP contribution < -0.4 is 9.63 Å². The number of nitrogens with one attached hydrogen (secondary N) is 1. The number of sulfonamides is 1. The van der Waals surface area contributed by atoms with Crippen molar-refractivity contribution < 1.29 is 8.42 Å². The van der Waals surface area contributed by atoms with Crippen LogP contribution in [0.15, 0.2) is 58.5 Å². The first-order chi connectivity index (χ1) is 11.0. The van der Waals surface area contributed by atoms with E-state index in [1.165, 1.54) is 35.6 Å². The van der Waals surface area contributed by atoms with Crippen molar-refractivity contribution in [1.82, 2.24) is 9.40 Å². The molecule has 1 aromatic heterocycles. The quantitative estimate of drug-likeness (QED) is 0.736. The lowest BCUT2D eigenvalue weighted by Crippen LogP contribution is -2.23. The highest BCUT2D eigenvalue weighted by Gasteiger charge is 2.13. The van der Waals surface area contributed by atoms with Crippen LogP contribution in [-0.4, -0.2) is 13.0 Å². The fourth-order valence-electron chi connectivity index (χ4n) is 2.05. The number of hydrogen-bond donors (Lipinski definition) is 1. The molecule has 0 saturated carbocycles. The van der Waals surface area contributed by atoms with Gasteiger partial charge in [-0.2, -0.15) is 18.5 Å². The number of fused-ring (bicyclic) bond motifs is 1. The van der Waals surface area contributed by atoms with Gasteiger partial charge in [-0.3, -0.25) is 0 Å². The second-order valence-corrected chi connectivity index (χ2v) is 7.42. The van der Waals surface area contributed by atoms with E-state index in [1.54, 1.807) is 0 Å². The molecule has 0 aliphatic rings. The molecule has 0 amide bonds. The molecule has 0 fully saturated rings. The number of nitriles is 1. The third-order valence-corrected chi connectivity index (χ3v) is 5.61. The Labute approximate surface area is 137 Å². The molecule has 2 aromatic carbocycles. The molecule has 3 rings (SSSR count). The summed E-state index contributed by atoms with van der Waals surface area (Å²) >= 11 is 1.39. The molecule has 0 atom stereocenters. The summed E-state index contributed by atoms with van der Waals surface area (Å²) in [5, 5.41) is 12.8. The normalized spacial score (nSPS) is 12.3. The Hall–Kier alpha value is -2.63. The fourth-order valence-corrected chi connectivity index (χ4v) is 3.89. The standard InChI is InChI=1S/C15H12N4O2S2/c1-19-13-4-2-3-5-14(13)22-15(19)17-18-23(20,21)12-8-6-11(10-16)7-9-12/h2-9,18H,1H3/b17-15-. The fraction of sp³-hybridized carbons (Fsp3) is 0.0667. The number of hydrogen-bond acceptors (Lipinski definition) is 5. The van der Waals surface area contributed by atoms with E-state index >= 15 is 0 Å². The zero-order valence-corrected chi connectivity index (χ0v) is 13.7. The SMILES string of the molecule is Cn1/c(=N/NS(=O)(=O)c2ccc(C#N)cc2)sc2ccccc21. The van der Waals surface area contributed by atoms with E-state index < -0.39 is 10.0 Å². The summed E-state index contributed by atoms with van der Waals surface area (Å²) in [6.45, 7) is 0. The number of nitrogens with zero attached hydrogens (tertiary/aromatic N) is 3. The number of aryl methyl sites for hydroxylation is 1. The van der Waals surface area contributed by atoms with Gasteiger partial charge in [-0.25, -0.2) is 0 Å². The zero-order chi connectivity index (χ0) is 16.4. The lowest BCUT2D eigenvalue weighted by Gasteiger charge is -2.02. The molecule has 0 aliphatic heterocycles. The van der Waals surface area contributed by atoms with E-state index in [1.807, 2.05) is 41.9 Å². The van der Waals surface area contributed by atoms with Gasteiger partial charge < -0.3 is 4.57 Å². The summed E-state index contributed by atoms with van der Waals surface area (Å²) in [5.74, 6) is 0. The van der Waals surface area contributed by atoms with Crippen LogP contribution in [0.3, 0.4) is 0 Å². The van der Waals surface area contributed by atoms with Crippen molar-refractivity contribution in [2.75, 3.05) is 0 Å². The summed E-state index contributed by atoms with van der Waals surface area (Å²) in [7, 11) is -1.94.